The summed E-state index contributed by atoms with van der Waals surface area (Å²) in [5, 5.41) is 8.31. The van der Waals surface area contributed by atoms with Crippen molar-refractivity contribution in [2.45, 2.75) is 59.7 Å². The molecule has 0 spiro atoms. The van der Waals surface area contributed by atoms with Gasteiger partial charge in [0.15, 0.2) is 0 Å². The number of hydrogen-bond acceptors (Lipinski definition) is 3. The van der Waals surface area contributed by atoms with E-state index < -0.39 is 14.0 Å². The molecule has 8 rings (SSSR count). The third kappa shape index (κ3) is 7.48. The van der Waals surface area contributed by atoms with E-state index >= 15 is 0 Å². The zero-order chi connectivity index (χ0) is 35.9. The molecule has 0 aliphatic heterocycles. The largest absolute Gasteiger partial charge is 0.500 e. The molecule has 0 bridgehead atoms. The fourth-order valence-corrected chi connectivity index (χ4v) is 8.43. The Labute approximate surface area is 317 Å². The van der Waals surface area contributed by atoms with Crippen LogP contribution in [0.5, 0.6) is 0 Å². The smallest absolute Gasteiger partial charge is 0.129 e. The van der Waals surface area contributed by atoms with Crippen molar-refractivity contribution in [2.75, 3.05) is 0 Å². The number of fused-ring (bicyclic) bond motifs is 7. The van der Waals surface area contributed by atoms with Gasteiger partial charge in [0, 0.05) is 44.6 Å². The van der Waals surface area contributed by atoms with Gasteiger partial charge in [-0.3, -0.25) is 0 Å². The van der Waals surface area contributed by atoms with E-state index in [0.717, 1.165) is 67.2 Å². The Morgan fingerprint density at radius 1 is 0.725 bits per heavy atom. The Kier molecular flexibility index (Phi) is 10.3. The van der Waals surface area contributed by atoms with Crippen LogP contribution < -0.4 is 5.19 Å². The maximum atomic E-state index is 8.39. The van der Waals surface area contributed by atoms with Gasteiger partial charge in [0.05, 0.1) is 13.7 Å². The predicted octanol–water partition coefficient (Wildman–Crippen LogP) is 12.2. The number of hydrogen-bond donors (Lipinski definition) is 0. The predicted molar refractivity (Wildman–Crippen MR) is 215 cm³/mol. The van der Waals surface area contributed by atoms with Gasteiger partial charge in [-0.1, -0.05) is 130 Å². The Balaban J connectivity index is 0.000000193. The summed E-state index contributed by atoms with van der Waals surface area (Å²) < 4.78 is 15.0. The number of rotatable bonds is 6. The molecule has 0 N–H and O–H groups in total. The number of furan rings is 1. The number of benzene rings is 5. The molecule has 0 fully saturated rings. The van der Waals surface area contributed by atoms with Gasteiger partial charge in [-0.15, -0.1) is 54.1 Å². The summed E-state index contributed by atoms with van der Waals surface area (Å²) in [7, 11) is -1.34. The maximum Gasteiger partial charge on any atom is 0.129 e. The van der Waals surface area contributed by atoms with E-state index in [0.29, 0.717) is 5.92 Å². The van der Waals surface area contributed by atoms with Crippen molar-refractivity contribution in [2.24, 2.45) is 5.92 Å². The standard InChI is InChI=1S/C28H20NO.C18H24NSi.Ir/c1-17(2)20-14-15-29-25(16-20)24-9-5-8-22-23-13-12-19-11-10-18-6-3-4-7-21(18)26(19)28(23)30-27(22)24;1-14(2)11-16-12-17(15-9-7-6-8-10-15)19-13-18(16)20(3,4)5;/h3-8,10-17H,1-2H3;6-9,12-14H,11H2,1-5H3;/q2*-1;/i17D;;. The van der Waals surface area contributed by atoms with Crippen molar-refractivity contribution < 1.29 is 25.9 Å². The third-order valence-electron chi connectivity index (χ3n) is 9.31. The molecule has 0 amide bonds. The number of nitrogens with zero attached hydrogens (tertiary/aromatic N) is 2. The average Bonchev–Trinajstić information content (AvgIpc) is 3.50. The first-order valence-electron chi connectivity index (χ1n) is 18.0. The van der Waals surface area contributed by atoms with Crippen molar-refractivity contribution >= 4 is 56.7 Å². The first-order chi connectivity index (χ1) is 24.4. The average molecular weight is 862 g/mol. The molecule has 5 heteroatoms. The normalized spacial score (nSPS) is 12.2. The zero-order valence-corrected chi connectivity index (χ0v) is 33.8. The van der Waals surface area contributed by atoms with Gasteiger partial charge in [-0.2, -0.15) is 0 Å². The maximum absolute atomic E-state index is 8.39. The fraction of sp³-hybridized carbons (Fsp3) is 0.217. The van der Waals surface area contributed by atoms with Crippen molar-refractivity contribution in [3.63, 3.8) is 0 Å². The minimum Gasteiger partial charge on any atom is -0.500 e. The summed E-state index contributed by atoms with van der Waals surface area (Å²) in [4.78, 5) is 9.27. The van der Waals surface area contributed by atoms with E-state index in [9.17, 15) is 0 Å². The molecule has 3 nitrogen and oxygen atoms in total. The van der Waals surface area contributed by atoms with Crippen molar-refractivity contribution in [3.8, 4) is 22.5 Å². The van der Waals surface area contributed by atoms with E-state index in [-0.39, 0.29) is 20.1 Å². The number of pyridine rings is 2. The van der Waals surface area contributed by atoms with Crippen LogP contribution in [0, 0.1) is 18.1 Å². The van der Waals surface area contributed by atoms with Crippen LogP contribution in [0.2, 0.25) is 19.6 Å². The first kappa shape index (κ1) is 35.0. The van der Waals surface area contributed by atoms with E-state index in [2.05, 4.69) is 129 Å². The fourth-order valence-electron chi connectivity index (χ4n) is 6.84. The summed E-state index contributed by atoms with van der Waals surface area (Å²) in [6, 6.07) is 41.8. The topological polar surface area (TPSA) is 38.9 Å². The second-order valence-corrected chi connectivity index (χ2v) is 19.8. The van der Waals surface area contributed by atoms with Crippen molar-refractivity contribution in [1.82, 2.24) is 9.97 Å². The van der Waals surface area contributed by atoms with Crippen LogP contribution in [0.1, 0.15) is 46.1 Å². The molecule has 0 aliphatic rings. The van der Waals surface area contributed by atoms with Gasteiger partial charge in [-0.25, -0.2) is 0 Å². The summed E-state index contributed by atoms with van der Waals surface area (Å²) in [5.41, 5.74) is 7.79. The van der Waals surface area contributed by atoms with E-state index in [4.69, 9.17) is 5.79 Å². The molecule has 0 saturated heterocycles. The molecule has 259 valence electrons. The molecule has 8 aromatic rings. The van der Waals surface area contributed by atoms with Gasteiger partial charge in [-0.05, 0) is 57.0 Å². The van der Waals surface area contributed by atoms with Gasteiger partial charge >= 0.3 is 0 Å². The Hall–Kier alpha value is -4.41. The van der Waals surface area contributed by atoms with Gasteiger partial charge < -0.3 is 14.4 Å². The summed E-state index contributed by atoms with van der Waals surface area (Å²) in [6.07, 6.45) is 5.00. The first-order valence-corrected chi connectivity index (χ1v) is 21.0. The molecule has 3 aromatic heterocycles. The van der Waals surface area contributed by atoms with Crippen LogP contribution in [0.3, 0.4) is 0 Å². The Morgan fingerprint density at radius 2 is 1.47 bits per heavy atom. The quantitative estimate of drug-likeness (QED) is 0.0950. The molecular weight excluding hydrogens is 817 g/mol. The van der Waals surface area contributed by atoms with Crippen molar-refractivity contribution in [3.05, 3.63) is 139 Å². The van der Waals surface area contributed by atoms with Crippen LogP contribution in [-0.4, -0.2) is 18.0 Å². The molecule has 0 aliphatic carbocycles. The minimum atomic E-state index is -1.34. The zero-order valence-electron chi connectivity index (χ0n) is 31.4. The second kappa shape index (κ2) is 15.1. The van der Waals surface area contributed by atoms with E-state index in [1.165, 1.54) is 21.5 Å². The third-order valence-corrected chi connectivity index (χ3v) is 11.4. The molecule has 1 radical (unpaired) electrons. The monoisotopic (exact) mass is 862 g/mol. The van der Waals surface area contributed by atoms with E-state index in [1.54, 1.807) is 6.20 Å². The molecule has 0 saturated carbocycles. The van der Waals surface area contributed by atoms with Crippen LogP contribution in [0.25, 0.3) is 66.0 Å². The molecule has 5 aromatic carbocycles. The SMILES string of the molecule is CC(C)Cc1cc(-c2[c-]cccc2)ncc1[Si](C)(C)C.[2H]C(C)(C)c1ccnc(-c2[c-]ccc3c2oc2c3ccc3ccc4ccccc4c32)c1.[Ir]. The van der Waals surface area contributed by atoms with Crippen LogP contribution >= 0.6 is 0 Å². The van der Waals surface area contributed by atoms with Crippen molar-refractivity contribution in [1.29, 1.82) is 0 Å². The molecule has 0 unspecified atom stereocenters. The van der Waals surface area contributed by atoms with Gasteiger partial charge in [0.25, 0.3) is 0 Å². The van der Waals surface area contributed by atoms with E-state index in [1.807, 2.05) is 50.2 Å². The molecular formula is C46H44IrN2OSi-2. The van der Waals surface area contributed by atoms with Crippen LogP contribution in [-0.2, 0) is 26.5 Å². The van der Waals surface area contributed by atoms with Crippen LogP contribution in [0.15, 0.2) is 120 Å². The molecule has 51 heavy (non-hydrogen) atoms. The van der Waals surface area contributed by atoms with Crippen LogP contribution in [0.4, 0.5) is 0 Å². The summed E-state index contributed by atoms with van der Waals surface area (Å²) >= 11 is 0. The van der Waals surface area contributed by atoms with Gasteiger partial charge in [0.1, 0.15) is 5.58 Å². The van der Waals surface area contributed by atoms with Gasteiger partial charge in [0.2, 0.25) is 0 Å². The Morgan fingerprint density at radius 3 is 2.22 bits per heavy atom. The summed E-state index contributed by atoms with van der Waals surface area (Å²) in [6.45, 7) is 15.5. The summed E-state index contributed by atoms with van der Waals surface area (Å²) in [5.74, 6) is -0.0331. The minimum absolute atomic E-state index is 0. The Bertz CT molecular complexity index is 2510. The molecule has 0 atom stereocenters. The number of aromatic nitrogens is 2. The second-order valence-electron chi connectivity index (χ2n) is 14.8. The molecule has 3 heterocycles.